The van der Waals surface area contributed by atoms with Gasteiger partial charge in [0.05, 0.1) is 12.7 Å². The van der Waals surface area contributed by atoms with E-state index in [1.807, 2.05) is 20.2 Å². The molecule has 2 heterocycles. The summed E-state index contributed by atoms with van der Waals surface area (Å²) in [7, 11) is 1.84. The van der Waals surface area contributed by atoms with E-state index in [1.165, 1.54) is 4.88 Å². The Hall–Kier alpha value is -1.13. The number of aliphatic imine (C=N–C) groups is 1. The van der Waals surface area contributed by atoms with Crippen LogP contribution in [0.2, 0.25) is 0 Å². The molecule has 0 saturated heterocycles. The number of hydrogen-bond donors (Lipinski definition) is 3. The monoisotopic (exact) mass is 491 g/mol. The van der Waals surface area contributed by atoms with Gasteiger partial charge < -0.3 is 15.7 Å². The normalized spacial score (nSPS) is 15.0. The summed E-state index contributed by atoms with van der Waals surface area (Å²) in [5, 5.41) is 23.5. The second kappa shape index (κ2) is 10.9. The molecule has 2 rings (SSSR count). The van der Waals surface area contributed by atoms with Gasteiger partial charge in [0, 0.05) is 36.8 Å². The Morgan fingerprint density at radius 3 is 2.81 bits per heavy atom. The third-order valence-corrected chi connectivity index (χ3v) is 4.86. The summed E-state index contributed by atoms with van der Waals surface area (Å²) < 4.78 is 1.68. The van der Waals surface area contributed by atoms with Crippen molar-refractivity contribution in [2.45, 2.75) is 32.8 Å². The predicted molar refractivity (Wildman–Crippen MR) is 119 cm³/mol. The maximum atomic E-state index is 10.7. The number of thiophene rings is 1. The molecule has 0 aromatic carbocycles. The Bertz CT molecular complexity index is 669. The number of hydrogen-bond acceptors (Lipinski definition) is 4. The molecule has 8 heteroatoms. The highest BCUT2D eigenvalue weighted by Crippen LogP contribution is 2.20. The van der Waals surface area contributed by atoms with E-state index in [4.69, 9.17) is 0 Å². The van der Waals surface area contributed by atoms with Crippen molar-refractivity contribution in [1.29, 1.82) is 0 Å². The Kier molecular flexibility index (Phi) is 9.59. The predicted octanol–water partition coefficient (Wildman–Crippen LogP) is 2.74. The van der Waals surface area contributed by atoms with E-state index in [0.29, 0.717) is 5.92 Å². The third kappa shape index (κ3) is 7.24. The largest absolute Gasteiger partial charge is 0.383 e. The minimum atomic E-state index is -1.04. The minimum absolute atomic E-state index is 0. The van der Waals surface area contributed by atoms with Crippen molar-refractivity contribution in [2.75, 3.05) is 19.6 Å². The smallest absolute Gasteiger partial charge is 0.191 e. The summed E-state index contributed by atoms with van der Waals surface area (Å²) in [6.07, 6.45) is 4.55. The number of aromatic nitrogens is 2. The first-order chi connectivity index (χ1) is 11.9. The number of nitrogens with one attached hydrogen (secondary N) is 2. The Labute approximate surface area is 177 Å². The van der Waals surface area contributed by atoms with Crippen molar-refractivity contribution in [3.63, 3.8) is 0 Å². The third-order valence-electron chi connectivity index (χ3n) is 3.96. The molecule has 2 aromatic rings. The maximum absolute atomic E-state index is 10.7. The average Bonchev–Trinajstić information content (AvgIpc) is 3.22. The first-order valence-electron chi connectivity index (χ1n) is 8.66. The van der Waals surface area contributed by atoms with Crippen LogP contribution in [-0.2, 0) is 19.1 Å². The molecular formula is C18H30IN5OS. The summed E-state index contributed by atoms with van der Waals surface area (Å²) in [6.45, 7) is 7.90. The van der Waals surface area contributed by atoms with Crippen molar-refractivity contribution in [3.8, 4) is 0 Å². The Morgan fingerprint density at radius 2 is 2.23 bits per heavy atom. The molecule has 0 aliphatic rings. The van der Waals surface area contributed by atoms with Crippen LogP contribution in [0.5, 0.6) is 0 Å². The highest BCUT2D eigenvalue weighted by molar-refractivity contribution is 14.0. The van der Waals surface area contributed by atoms with Crippen LogP contribution in [0.15, 0.2) is 34.9 Å². The van der Waals surface area contributed by atoms with Gasteiger partial charge in [-0.2, -0.15) is 5.10 Å². The molecule has 0 amide bonds. The van der Waals surface area contributed by atoms with Crippen LogP contribution in [-0.4, -0.2) is 40.5 Å². The molecule has 26 heavy (non-hydrogen) atoms. The molecule has 0 spiro atoms. The summed E-state index contributed by atoms with van der Waals surface area (Å²) >= 11 is 1.79. The van der Waals surface area contributed by atoms with E-state index in [0.717, 1.165) is 31.0 Å². The minimum Gasteiger partial charge on any atom is -0.383 e. The first-order valence-corrected chi connectivity index (χ1v) is 9.54. The van der Waals surface area contributed by atoms with Gasteiger partial charge >= 0.3 is 0 Å². The zero-order chi connectivity index (χ0) is 18.3. The maximum Gasteiger partial charge on any atom is 0.191 e. The molecule has 2 atom stereocenters. The van der Waals surface area contributed by atoms with Crippen LogP contribution >= 0.6 is 35.3 Å². The fourth-order valence-corrected chi connectivity index (χ4v) is 3.35. The topological polar surface area (TPSA) is 74.5 Å². The zero-order valence-electron chi connectivity index (χ0n) is 15.9. The number of nitrogens with zero attached hydrogens (tertiary/aromatic N) is 3. The number of aryl methyl sites for hydroxylation is 1. The van der Waals surface area contributed by atoms with Gasteiger partial charge in [-0.05, 0) is 37.6 Å². The SMILES string of the molecule is CCNC(=NCC(C)(O)c1cnn(C)c1)NCC(C)Cc1cccs1.I. The van der Waals surface area contributed by atoms with Crippen LogP contribution in [0.25, 0.3) is 0 Å². The number of aliphatic hydroxyl groups is 1. The lowest BCUT2D eigenvalue weighted by atomic mass is 10.0. The molecule has 0 fully saturated rings. The van der Waals surface area contributed by atoms with Gasteiger partial charge in [0.2, 0.25) is 0 Å². The quantitative estimate of drug-likeness (QED) is 0.302. The molecule has 2 aromatic heterocycles. The molecule has 2 unspecified atom stereocenters. The van der Waals surface area contributed by atoms with Crippen LogP contribution in [0.1, 0.15) is 31.2 Å². The van der Waals surface area contributed by atoms with E-state index in [-0.39, 0.29) is 30.5 Å². The molecule has 3 N–H and O–H groups in total. The lowest BCUT2D eigenvalue weighted by molar-refractivity contribution is 0.0672. The first kappa shape index (κ1) is 22.9. The van der Waals surface area contributed by atoms with Gasteiger partial charge in [0.1, 0.15) is 5.60 Å². The second-order valence-corrected chi connectivity index (χ2v) is 7.67. The van der Waals surface area contributed by atoms with E-state index in [2.05, 4.69) is 45.2 Å². The summed E-state index contributed by atoms with van der Waals surface area (Å²) in [5.74, 6) is 1.23. The van der Waals surface area contributed by atoms with E-state index in [1.54, 1.807) is 29.1 Å². The fraction of sp³-hybridized carbons (Fsp3) is 0.556. The molecule has 0 aliphatic carbocycles. The second-order valence-electron chi connectivity index (χ2n) is 6.64. The van der Waals surface area contributed by atoms with Crippen molar-refractivity contribution in [3.05, 3.63) is 40.3 Å². The van der Waals surface area contributed by atoms with Crippen LogP contribution < -0.4 is 10.6 Å². The molecule has 0 radical (unpaired) electrons. The van der Waals surface area contributed by atoms with E-state index >= 15 is 0 Å². The lowest BCUT2D eigenvalue weighted by Crippen LogP contribution is -2.40. The van der Waals surface area contributed by atoms with Gasteiger partial charge in [-0.3, -0.25) is 4.68 Å². The molecule has 0 saturated carbocycles. The summed E-state index contributed by atoms with van der Waals surface area (Å²) in [5.41, 5.74) is -0.278. The molecule has 6 nitrogen and oxygen atoms in total. The highest BCUT2D eigenvalue weighted by atomic mass is 127. The van der Waals surface area contributed by atoms with Crippen molar-refractivity contribution in [2.24, 2.45) is 18.0 Å². The van der Waals surface area contributed by atoms with E-state index < -0.39 is 5.60 Å². The average molecular weight is 491 g/mol. The lowest BCUT2D eigenvalue weighted by Gasteiger charge is -2.21. The number of rotatable bonds is 8. The molecule has 0 aliphatic heterocycles. The van der Waals surface area contributed by atoms with Crippen LogP contribution in [0.3, 0.4) is 0 Å². The Morgan fingerprint density at radius 1 is 1.46 bits per heavy atom. The molecular weight excluding hydrogens is 461 g/mol. The van der Waals surface area contributed by atoms with Gasteiger partial charge in [-0.25, -0.2) is 4.99 Å². The Balaban J connectivity index is 0.00000338. The molecule has 0 bridgehead atoms. The number of guanidine groups is 1. The molecule has 146 valence electrons. The van der Waals surface area contributed by atoms with Gasteiger partial charge in [0.25, 0.3) is 0 Å². The fourth-order valence-electron chi connectivity index (χ4n) is 2.48. The van der Waals surface area contributed by atoms with Gasteiger partial charge in [-0.1, -0.05) is 13.0 Å². The van der Waals surface area contributed by atoms with E-state index in [9.17, 15) is 5.11 Å². The van der Waals surface area contributed by atoms with Gasteiger partial charge in [-0.15, -0.1) is 35.3 Å². The van der Waals surface area contributed by atoms with Crippen molar-refractivity contribution < 1.29 is 5.11 Å². The zero-order valence-corrected chi connectivity index (χ0v) is 19.0. The standard InChI is InChI=1S/C18H29N5OS.HI/c1-5-19-17(20-10-14(2)9-16-7-6-8-25-16)21-13-18(3,24)15-11-22-23(4)12-15;/h6-8,11-12,14,24H,5,9-10,13H2,1-4H3,(H2,19,20,21);1H. The highest BCUT2D eigenvalue weighted by Gasteiger charge is 2.24. The van der Waals surface area contributed by atoms with Crippen molar-refractivity contribution >= 4 is 41.3 Å². The summed E-state index contributed by atoms with van der Waals surface area (Å²) in [4.78, 5) is 5.95. The van der Waals surface area contributed by atoms with Gasteiger partial charge in [0.15, 0.2) is 5.96 Å². The number of halogens is 1. The van der Waals surface area contributed by atoms with Crippen molar-refractivity contribution in [1.82, 2.24) is 20.4 Å². The van der Waals surface area contributed by atoms with Crippen LogP contribution in [0.4, 0.5) is 0 Å². The van der Waals surface area contributed by atoms with Crippen LogP contribution in [0, 0.1) is 5.92 Å². The summed E-state index contributed by atoms with van der Waals surface area (Å²) in [6, 6.07) is 4.26.